The largest absolute Gasteiger partial charge is 0.478 e. The highest BCUT2D eigenvalue weighted by Gasteiger charge is 2.66. The first-order chi connectivity index (χ1) is 18.7. The Morgan fingerprint density at radius 3 is 2.69 bits per heavy atom. The molecule has 2 aliphatic heterocycles. The van der Waals surface area contributed by atoms with E-state index in [2.05, 4.69) is 26.2 Å². The van der Waals surface area contributed by atoms with Crippen molar-refractivity contribution in [3.8, 4) is 6.07 Å². The van der Waals surface area contributed by atoms with Gasteiger partial charge in [0, 0.05) is 31.4 Å². The number of carboxylic acids is 1. The lowest BCUT2D eigenvalue weighted by atomic mass is 9.98. The minimum absolute atomic E-state index is 0.0352. The molecule has 0 spiro atoms. The van der Waals surface area contributed by atoms with Crippen molar-refractivity contribution in [3.05, 3.63) is 41.1 Å². The molecule has 3 heterocycles. The van der Waals surface area contributed by atoms with Gasteiger partial charge >= 0.3 is 5.97 Å². The van der Waals surface area contributed by atoms with E-state index in [0.29, 0.717) is 27.9 Å². The second-order valence-electron chi connectivity index (χ2n) is 8.14. The van der Waals surface area contributed by atoms with Crippen LogP contribution in [-0.2, 0) is 26.2 Å². The molecule has 204 valence electrons. The third-order valence-electron chi connectivity index (χ3n) is 5.72. The first kappa shape index (κ1) is 28.4. The number of nitriles is 1. The average Bonchev–Trinajstić information content (AvgIpc) is 3.34. The maximum absolute atomic E-state index is 13.6. The molecule has 1 aromatic carbocycles. The van der Waals surface area contributed by atoms with E-state index < -0.39 is 34.8 Å². The van der Waals surface area contributed by atoms with Crippen molar-refractivity contribution in [1.82, 2.24) is 30.4 Å². The zero-order chi connectivity index (χ0) is 28.2. The molecule has 1 aromatic heterocycles. The molecular weight excluding hydrogens is 568 g/mol. The monoisotopic (exact) mass is 590 g/mol. The van der Waals surface area contributed by atoms with Gasteiger partial charge < -0.3 is 20.5 Å². The highest BCUT2D eigenvalue weighted by atomic mass is 32.2. The number of rotatable bonds is 11. The van der Waals surface area contributed by atoms with Gasteiger partial charge in [-0.2, -0.15) is 5.26 Å². The molecule has 2 aliphatic rings. The fraction of sp³-hybridized carbons (Fsp3) is 0.364. The highest BCUT2D eigenvalue weighted by molar-refractivity contribution is 8.01. The lowest BCUT2D eigenvalue weighted by Crippen LogP contribution is -2.81. The van der Waals surface area contributed by atoms with Gasteiger partial charge in [-0.3, -0.25) is 19.3 Å². The van der Waals surface area contributed by atoms with Gasteiger partial charge in [0.15, 0.2) is 0 Å². The van der Waals surface area contributed by atoms with E-state index in [4.69, 9.17) is 15.1 Å². The van der Waals surface area contributed by atoms with E-state index >= 15 is 0 Å². The number of ether oxygens (including phenoxy) is 1. The minimum Gasteiger partial charge on any atom is -0.478 e. The lowest BCUT2D eigenvalue weighted by molar-refractivity contribution is -0.191. The Labute approximate surface area is 234 Å². The van der Waals surface area contributed by atoms with Gasteiger partial charge in [-0.05, 0) is 40.3 Å². The number of aryl methyl sites for hydroxylation is 1. The number of hydrogen-bond donors (Lipinski definition) is 3. The van der Waals surface area contributed by atoms with Gasteiger partial charge in [-0.25, -0.2) is 9.48 Å². The number of anilines is 1. The Morgan fingerprint density at radius 2 is 2.08 bits per heavy atom. The molecule has 39 heavy (non-hydrogen) atoms. The maximum Gasteiger partial charge on any atom is 0.335 e. The summed E-state index contributed by atoms with van der Waals surface area (Å²) < 4.78 is 7.01. The van der Waals surface area contributed by atoms with Crippen LogP contribution in [0.1, 0.15) is 10.4 Å². The van der Waals surface area contributed by atoms with Crippen LogP contribution in [0.2, 0.25) is 0 Å². The molecule has 2 atom stereocenters. The van der Waals surface area contributed by atoms with Gasteiger partial charge in [0.05, 0.1) is 23.1 Å². The van der Waals surface area contributed by atoms with Gasteiger partial charge in [0.2, 0.25) is 11.1 Å². The Morgan fingerprint density at radius 1 is 1.33 bits per heavy atom. The van der Waals surface area contributed by atoms with Crippen molar-refractivity contribution >= 4 is 64.7 Å². The number of fused-ring (bicyclic) bond motifs is 1. The van der Waals surface area contributed by atoms with Crippen LogP contribution in [-0.4, -0.2) is 95.1 Å². The Balaban J connectivity index is 1.60. The predicted octanol–water partition coefficient (Wildman–Crippen LogP) is 0.524. The average molecular weight is 591 g/mol. The predicted molar refractivity (Wildman–Crippen MR) is 142 cm³/mol. The first-order valence-corrected chi connectivity index (χ1v) is 14.4. The van der Waals surface area contributed by atoms with E-state index in [-0.39, 0.29) is 22.8 Å². The van der Waals surface area contributed by atoms with Crippen molar-refractivity contribution in [1.29, 1.82) is 5.26 Å². The third-order valence-corrected chi connectivity index (χ3v) is 8.99. The van der Waals surface area contributed by atoms with Crippen LogP contribution >= 0.6 is 35.3 Å². The van der Waals surface area contributed by atoms with Crippen molar-refractivity contribution in [2.45, 2.75) is 16.3 Å². The lowest BCUT2D eigenvalue weighted by Gasteiger charge is -2.56. The number of carbonyl (C=O) groups excluding carboxylic acids is 3. The van der Waals surface area contributed by atoms with Gasteiger partial charge in [-0.1, -0.05) is 11.8 Å². The smallest absolute Gasteiger partial charge is 0.335 e. The number of aromatic nitrogens is 4. The molecule has 1 fully saturated rings. The zero-order valence-electron chi connectivity index (χ0n) is 20.6. The molecule has 2 aromatic rings. The summed E-state index contributed by atoms with van der Waals surface area (Å²) in [6, 6.07) is 7.55. The molecule has 14 nitrogen and oxygen atoms in total. The van der Waals surface area contributed by atoms with E-state index in [1.807, 2.05) is 6.07 Å². The normalized spacial score (nSPS) is 20.1. The molecule has 3 N–H and O–H groups in total. The summed E-state index contributed by atoms with van der Waals surface area (Å²) in [5.41, 5.74) is -0.532. The van der Waals surface area contributed by atoms with Gasteiger partial charge in [0.25, 0.3) is 17.5 Å². The maximum atomic E-state index is 13.6. The Kier molecular flexibility index (Phi) is 8.80. The van der Waals surface area contributed by atoms with E-state index in [0.717, 1.165) is 11.8 Å². The Bertz CT molecular complexity index is 1370. The second-order valence-corrected chi connectivity index (χ2v) is 11.1. The number of hydrogen-bond acceptors (Lipinski definition) is 12. The standard InChI is InChI=1S/C22H22N8O6S3/c1-29-21(26-27-28-29)39-10-13-9-38-20-22(36-2,25-15(31)11-37-8-7-23)19(35)30(20)16(13)17(32)24-14-5-3-12(4-6-14)18(33)34/h3-6,20H,8-11H2,1-2H3,(H,24,32)(H,25,31)(H,33,34)/t20-,22+/m1/s1. The number of benzene rings is 1. The number of amides is 3. The highest BCUT2D eigenvalue weighted by Crippen LogP contribution is 2.47. The number of β-lactam (4-membered cyclic amide) rings is 1. The number of nitrogens with one attached hydrogen (secondary N) is 2. The molecule has 1 saturated heterocycles. The van der Waals surface area contributed by atoms with Crippen molar-refractivity contribution in [2.75, 3.05) is 35.4 Å². The summed E-state index contributed by atoms with van der Waals surface area (Å²) in [4.78, 5) is 52.0. The number of thioether (sulfide) groups is 3. The summed E-state index contributed by atoms with van der Waals surface area (Å²) in [6.07, 6.45) is 0. The summed E-state index contributed by atoms with van der Waals surface area (Å²) >= 11 is 3.73. The molecular formula is C22H22N8O6S3. The summed E-state index contributed by atoms with van der Waals surface area (Å²) in [5, 5.41) is 34.3. The van der Waals surface area contributed by atoms with Crippen LogP contribution in [0.15, 0.2) is 40.7 Å². The second kappa shape index (κ2) is 12.1. The number of carboxylic acid groups (broad SMARTS) is 1. The van der Waals surface area contributed by atoms with Gasteiger partial charge in [0.1, 0.15) is 11.1 Å². The third kappa shape index (κ3) is 5.73. The van der Waals surface area contributed by atoms with E-state index in [1.165, 1.54) is 64.5 Å². The van der Waals surface area contributed by atoms with Crippen LogP contribution in [0.5, 0.6) is 0 Å². The molecule has 0 radical (unpaired) electrons. The minimum atomic E-state index is -1.67. The first-order valence-electron chi connectivity index (χ1n) is 11.2. The molecule has 0 saturated carbocycles. The van der Waals surface area contributed by atoms with Crippen LogP contribution in [0.25, 0.3) is 0 Å². The fourth-order valence-electron chi connectivity index (χ4n) is 3.88. The van der Waals surface area contributed by atoms with Crippen molar-refractivity contribution in [2.24, 2.45) is 7.05 Å². The van der Waals surface area contributed by atoms with E-state index in [1.54, 1.807) is 7.05 Å². The molecule has 4 rings (SSSR count). The molecule has 0 bridgehead atoms. The Hall–Kier alpha value is -3.59. The topological polar surface area (TPSA) is 192 Å². The fourth-order valence-corrected chi connectivity index (χ4v) is 6.76. The van der Waals surface area contributed by atoms with Crippen LogP contribution in [0.4, 0.5) is 5.69 Å². The molecule has 17 heteroatoms. The van der Waals surface area contributed by atoms with Crippen LogP contribution < -0.4 is 10.6 Å². The SMILES string of the molecule is CO[C@@]1(NC(=O)CSCC#N)C(=O)N2C(C(=O)Nc3ccc(C(=O)O)cc3)=C(CSc3nnnn3C)CS[C@@H]21. The number of nitrogens with zero attached hydrogens (tertiary/aromatic N) is 6. The molecule has 0 unspecified atom stereocenters. The zero-order valence-corrected chi connectivity index (χ0v) is 23.1. The van der Waals surface area contributed by atoms with E-state index in [9.17, 15) is 19.2 Å². The van der Waals surface area contributed by atoms with Crippen LogP contribution in [0, 0.1) is 11.3 Å². The van der Waals surface area contributed by atoms with Crippen molar-refractivity contribution in [3.63, 3.8) is 0 Å². The van der Waals surface area contributed by atoms with Crippen molar-refractivity contribution < 1.29 is 29.0 Å². The summed E-state index contributed by atoms with van der Waals surface area (Å²) in [7, 11) is 2.98. The molecule has 0 aliphatic carbocycles. The van der Waals surface area contributed by atoms with Crippen LogP contribution in [0.3, 0.4) is 0 Å². The number of methoxy groups -OCH3 is 1. The number of aromatic carboxylic acids is 1. The molecule has 3 amide bonds. The summed E-state index contributed by atoms with van der Waals surface area (Å²) in [6.45, 7) is 0. The quantitative estimate of drug-likeness (QED) is 0.142. The summed E-state index contributed by atoms with van der Waals surface area (Å²) in [5.74, 6) is -2.04. The van der Waals surface area contributed by atoms with Gasteiger partial charge in [-0.15, -0.1) is 28.6 Å². The number of carbonyl (C=O) groups is 4. The number of tetrazole rings is 1.